The molecule has 7 rings (SSSR count). The highest BCUT2D eigenvalue weighted by Gasteiger charge is 2.31. The lowest BCUT2D eigenvalue weighted by atomic mass is 9.98. The summed E-state index contributed by atoms with van der Waals surface area (Å²) in [5, 5.41) is 26.0. The normalized spacial score (nSPS) is 13.5. The number of aromatic hydroxyl groups is 2. The molecular weight excluding hydrogens is 654 g/mol. The number of benzene rings is 3. The van der Waals surface area contributed by atoms with Crippen LogP contribution < -0.4 is 21.8 Å². The van der Waals surface area contributed by atoms with Gasteiger partial charge in [-0.25, -0.2) is 23.4 Å². The minimum Gasteiger partial charge on any atom is -0.508 e. The van der Waals surface area contributed by atoms with Gasteiger partial charge in [0.05, 0.1) is 23.1 Å². The Bertz CT molecular complexity index is 2240. The SMILES string of the molecule is CCOC(=O)c1cn(C2CC2)c2c(F)c(-c3ccc4c(c3)CCN4Cc3cnc(N)nc3N)c(F)cc2c1=O.O=C(O)c1cc(O)ccc1O. The molecule has 7 N–H and O–H groups in total. The van der Waals surface area contributed by atoms with Crippen molar-refractivity contribution < 1.29 is 38.4 Å². The number of nitrogens with two attached hydrogens (primary N) is 2. The summed E-state index contributed by atoms with van der Waals surface area (Å²) < 4.78 is 38.3. The fourth-order valence-corrected chi connectivity index (χ4v) is 5.95. The van der Waals surface area contributed by atoms with Crippen molar-refractivity contribution in [3.05, 3.63) is 99.0 Å². The quantitative estimate of drug-likeness (QED) is 0.116. The number of pyridine rings is 1. The van der Waals surface area contributed by atoms with Gasteiger partial charge in [0.1, 0.15) is 34.3 Å². The van der Waals surface area contributed by atoms with Crippen molar-refractivity contribution in [3.63, 3.8) is 0 Å². The first-order chi connectivity index (χ1) is 23.9. The number of phenolic OH excluding ortho intramolecular Hbond substituents is 1. The Morgan fingerprint density at radius 2 is 1.82 bits per heavy atom. The molecule has 0 atom stereocenters. The number of fused-ring (bicyclic) bond motifs is 2. The molecule has 3 aromatic carbocycles. The van der Waals surface area contributed by atoms with Crippen molar-refractivity contribution in [1.82, 2.24) is 14.5 Å². The number of nitrogens with zero attached hydrogens (tertiary/aromatic N) is 4. The number of carbonyl (C=O) groups excluding carboxylic acids is 1. The van der Waals surface area contributed by atoms with E-state index < -0.39 is 29.0 Å². The molecule has 258 valence electrons. The van der Waals surface area contributed by atoms with E-state index in [1.807, 2.05) is 6.07 Å². The fourth-order valence-electron chi connectivity index (χ4n) is 5.95. The number of ether oxygens (including phenoxy) is 1. The van der Waals surface area contributed by atoms with Crippen LogP contribution in [0, 0.1) is 11.6 Å². The molecule has 2 aromatic heterocycles. The van der Waals surface area contributed by atoms with Crippen LogP contribution in [0.5, 0.6) is 11.5 Å². The average molecular weight is 687 g/mol. The van der Waals surface area contributed by atoms with Gasteiger partial charge in [-0.05, 0) is 73.7 Å². The number of carboxylic acids is 1. The van der Waals surface area contributed by atoms with E-state index in [0.717, 1.165) is 47.9 Å². The minimum atomic E-state index is -1.27. The van der Waals surface area contributed by atoms with E-state index in [0.29, 0.717) is 30.9 Å². The van der Waals surface area contributed by atoms with Crippen molar-refractivity contribution in [2.24, 2.45) is 0 Å². The third-order valence-electron chi connectivity index (χ3n) is 8.49. The lowest BCUT2D eigenvalue weighted by molar-refractivity contribution is 0.0523. The Labute approximate surface area is 283 Å². The Morgan fingerprint density at radius 3 is 2.48 bits per heavy atom. The molecule has 0 saturated heterocycles. The van der Waals surface area contributed by atoms with Crippen LogP contribution in [-0.2, 0) is 17.7 Å². The van der Waals surface area contributed by atoms with Crippen LogP contribution >= 0.6 is 0 Å². The number of rotatable bonds is 7. The summed E-state index contributed by atoms with van der Waals surface area (Å²) in [5.41, 5.74) is 13.0. The van der Waals surface area contributed by atoms with E-state index in [2.05, 4.69) is 14.9 Å². The molecule has 13 nitrogen and oxygen atoms in total. The van der Waals surface area contributed by atoms with E-state index in [-0.39, 0.29) is 57.7 Å². The van der Waals surface area contributed by atoms with E-state index in [1.165, 1.54) is 12.3 Å². The molecule has 15 heteroatoms. The Morgan fingerprint density at radius 1 is 1.06 bits per heavy atom. The fraction of sp³-hybridized carbons (Fsp3) is 0.229. The molecule has 3 heterocycles. The second-order valence-electron chi connectivity index (χ2n) is 11.8. The molecule has 0 spiro atoms. The topological polar surface area (TPSA) is 207 Å². The van der Waals surface area contributed by atoms with Crippen molar-refractivity contribution in [2.45, 2.75) is 38.8 Å². The highest BCUT2D eigenvalue weighted by atomic mass is 19.1. The largest absolute Gasteiger partial charge is 0.508 e. The summed E-state index contributed by atoms with van der Waals surface area (Å²) in [5.74, 6) is -3.90. The molecule has 1 aliphatic heterocycles. The first kappa shape index (κ1) is 33.6. The van der Waals surface area contributed by atoms with Gasteiger partial charge in [-0.15, -0.1) is 0 Å². The predicted octanol–water partition coefficient (Wildman–Crippen LogP) is 4.77. The summed E-state index contributed by atoms with van der Waals surface area (Å²) in [6.45, 7) is 2.86. The molecule has 0 radical (unpaired) electrons. The Kier molecular flexibility index (Phi) is 8.97. The average Bonchev–Trinajstić information content (AvgIpc) is 3.84. The summed E-state index contributed by atoms with van der Waals surface area (Å²) in [4.78, 5) is 45.9. The number of aromatic nitrogens is 3. The third-order valence-corrected chi connectivity index (χ3v) is 8.49. The van der Waals surface area contributed by atoms with E-state index in [4.69, 9.17) is 31.5 Å². The van der Waals surface area contributed by atoms with Gasteiger partial charge in [0.25, 0.3) is 0 Å². The van der Waals surface area contributed by atoms with Gasteiger partial charge in [0, 0.05) is 42.8 Å². The lowest BCUT2D eigenvalue weighted by Gasteiger charge is -2.20. The number of aromatic carboxylic acids is 1. The second-order valence-corrected chi connectivity index (χ2v) is 11.8. The van der Waals surface area contributed by atoms with Crippen LogP contribution in [0.2, 0.25) is 0 Å². The summed E-state index contributed by atoms with van der Waals surface area (Å²) >= 11 is 0. The third kappa shape index (κ3) is 6.44. The van der Waals surface area contributed by atoms with Gasteiger partial charge >= 0.3 is 11.9 Å². The lowest BCUT2D eigenvalue weighted by Crippen LogP contribution is -2.22. The molecule has 0 unspecified atom stereocenters. The summed E-state index contributed by atoms with van der Waals surface area (Å²) in [7, 11) is 0. The minimum absolute atomic E-state index is 0.00657. The van der Waals surface area contributed by atoms with Gasteiger partial charge in [-0.2, -0.15) is 4.98 Å². The molecule has 0 amide bonds. The zero-order chi connectivity index (χ0) is 35.9. The van der Waals surface area contributed by atoms with Gasteiger partial charge in [0.15, 0.2) is 5.82 Å². The number of carboxylic acid groups (broad SMARTS) is 1. The molecular formula is C35H32F2N6O7. The van der Waals surface area contributed by atoms with E-state index in [9.17, 15) is 14.4 Å². The highest BCUT2D eigenvalue weighted by Crippen LogP contribution is 2.41. The number of hydrogen-bond donors (Lipinski definition) is 5. The zero-order valence-electron chi connectivity index (χ0n) is 26.7. The van der Waals surface area contributed by atoms with Crippen LogP contribution in [0.4, 0.5) is 26.2 Å². The van der Waals surface area contributed by atoms with Gasteiger partial charge in [-0.3, -0.25) is 4.79 Å². The van der Waals surface area contributed by atoms with E-state index >= 15 is 8.78 Å². The van der Waals surface area contributed by atoms with Crippen LogP contribution in [-0.4, -0.2) is 54.9 Å². The highest BCUT2D eigenvalue weighted by molar-refractivity contribution is 5.95. The number of hydrogen-bond acceptors (Lipinski definition) is 11. The van der Waals surface area contributed by atoms with Gasteiger partial charge in [-0.1, -0.05) is 6.07 Å². The number of phenols is 2. The van der Waals surface area contributed by atoms with Crippen molar-refractivity contribution in [2.75, 3.05) is 29.5 Å². The summed E-state index contributed by atoms with van der Waals surface area (Å²) in [6.07, 6.45) is 5.15. The Hall–Kier alpha value is -6.25. The van der Waals surface area contributed by atoms with Gasteiger partial charge in [0.2, 0.25) is 11.4 Å². The van der Waals surface area contributed by atoms with Gasteiger partial charge < -0.3 is 41.0 Å². The van der Waals surface area contributed by atoms with Crippen molar-refractivity contribution in [1.29, 1.82) is 0 Å². The van der Waals surface area contributed by atoms with Crippen molar-refractivity contribution >= 4 is 40.3 Å². The Balaban J connectivity index is 0.000000336. The maximum Gasteiger partial charge on any atom is 0.343 e. The molecule has 0 bridgehead atoms. The number of halogens is 2. The number of anilines is 3. The molecule has 1 aliphatic carbocycles. The standard InChI is InChI=1S/C28H26F2N6O3.C7H6O4/c1-2-39-27(38)19-13-36(17-4-5-17)24-18(25(19)37)10-20(29)22(23(24)30)15-3-6-21-14(9-15)7-8-35(21)12-16-11-33-28(32)34-26(16)31;8-4-1-2-6(9)5(3-4)7(10)11/h3,6,9-11,13,17H,2,4-5,7-8,12H2,1H3,(H4,31,32,33,34);1-3,8-9H,(H,10,11). The van der Waals surface area contributed by atoms with Crippen LogP contribution in [0.3, 0.4) is 0 Å². The molecule has 1 fully saturated rings. The smallest absolute Gasteiger partial charge is 0.343 e. The number of carbonyl (C=O) groups is 2. The van der Waals surface area contributed by atoms with E-state index in [1.54, 1.807) is 29.8 Å². The maximum atomic E-state index is 16.2. The van der Waals surface area contributed by atoms with Crippen LogP contribution in [0.25, 0.3) is 22.0 Å². The summed E-state index contributed by atoms with van der Waals surface area (Å²) in [6, 6.07) is 9.54. The first-order valence-electron chi connectivity index (χ1n) is 15.6. The number of nitrogen functional groups attached to an aromatic ring is 2. The zero-order valence-corrected chi connectivity index (χ0v) is 26.7. The molecule has 2 aliphatic rings. The predicted molar refractivity (Wildman–Crippen MR) is 180 cm³/mol. The second kappa shape index (κ2) is 13.3. The first-order valence-corrected chi connectivity index (χ1v) is 15.6. The van der Waals surface area contributed by atoms with Crippen LogP contribution in [0.1, 0.15) is 57.7 Å². The van der Waals surface area contributed by atoms with Crippen LogP contribution in [0.15, 0.2) is 59.7 Å². The molecule has 50 heavy (non-hydrogen) atoms. The molecule has 5 aromatic rings. The monoisotopic (exact) mass is 686 g/mol. The molecule has 1 saturated carbocycles. The maximum absolute atomic E-state index is 16.2. The number of esters is 1. The van der Waals surface area contributed by atoms with Crippen molar-refractivity contribution in [3.8, 4) is 22.6 Å².